The fraction of sp³-hybridized carbons (Fsp3) is 0.208. The summed E-state index contributed by atoms with van der Waals surface area (Å²) in [6.45, 7) is 2.23. The number of methoxy groups -OCH3 is 1. The van der Waals surface area contributed by atoms with Crippen molar-refractivity contribution >= 4 is 23.9 Å². The molecule has 0 atom stereocenters. The zero-order valence-corrected chi connectivity index (χ0v) is 18.6. The lowest BCUT2D eigenvalue weighted by Crippen LogP contribution is -2.42. The lowest BCUT2D eigenvalue weighted by Gasteiger charge is -2.20. The molecular formula is C24H23N3O4S. The molecule has 164 valence electrons. The van der Waals surface area contributed by atoms with Gasteiger partial charge < -0.3 is 10.1 Å². The zero-order valence-electron chi connectivity index (χ0n) is 17.8. The molecule has 0 spiro atoms. The second-order valence-corrected chi connectivity index (χ2v) is 8.43. The molecule has 1 aliphatic heterocycles. The Kier molecular flexibility index (Phi) is 6.32. The number of benzene rings is 2. The van der Waals surface area contributed by atoms with E-state index in [1.54, 1.807) is 14.0 Å². The van der Waals surface area contributed by atoms with Gasteiger partial charge in [0.2, 0.25) is 0 Å². The van der Waals surface area contributed by atoms with Crippen LogP contribution in [-0.2, 0) is 23.6 Å². The number of hydrogen-bond acceptors (Lipinski definition) is 5. The number of carbonyl (C=O) groups excluding carboxylic acids is 1. The van der Waals surface area contributed by atoms with Crippen molar-refractivity contribution in [3.8, 4) is 5.75 Å². The molecule has 0 saturated heterocycles. The van der Waals surface area contributed by atoms with Crippen LogP contribution < -0.4 is 21.3 Å². The molecule has 1 aromatic heterocycles. The van der Waals surface area contributed by atoms with Crippen LogP contribution in [0.1, 0.15) is 22.4 Å². The van der Waals surface area contributed by atoms with E-state index in [0.29, 0.717) is 28.5 Å². The largest absolute Gasteiger partial charge is 0.497 e. The highest BCUT2D eigenvalue weighted by atomic mass is 32.2. The molecule has 0 unspecified atom stereocenters. The number of rotatable bonds is 6. The van der Waals surface area contributed by atoms with Gasteiger partial charge in [-0.05, 0) is 30.2 Å². The van der Waals surface area contributed by atoms with Crippen molar-refractivity contribution in [3.05, 3.63) is 103 Å². The number of amides is 1. The molecule has 32 heavy (non-hydrogen) atoms. The normalized spacial score (nSPS) is 12.6. The molecule has 0 bridgehead atoms. The summed E-state index contributed by atoms with van der Waals surface area (Å²) < 4.78 is 7.85. The summed E-state index contributed by atoms with van der Waals surface area (Å²) in [5, 5.41) is 2.88. The lowest BCUT2D eigenvalue weighted by atomic mass is 10.2. The molecule has 0 saturated carbocycles. The van der Waals surface area contributed by atoms with Crippen LogP contribution >= 0.6 is 11.8 Å². The van der Waals surface area contributed by atoms with Gasteiger partial charge in [-0.1, -0.05) is 42.5 Å². The number of thioether (sulfide) groups is 1. The van der Waals surface area contributed by atoms with Gasteiger partial charge in [0, 0.05) is 29.8 Å². The first-order chi connectivity index (χ1) is 15.5. The Morgan fingerprint density at radius 3 is 2.59 bits per heavy atom. The van der Waals surface area contributed by atoms with Crippen molar-refractivity contribution < 1.29 is 9.53 Å². The highest BCUT2D eigenvalue weighted by Crippen LogP contribution is 2.27. The number of ether oxygens (including phenoxy) is 1. The molecule has 0 radical (unpaired) electrons. The second kappa shape index (κ2) is 9.32. The van der Waals surface area contributed by atoms with Crippen LogP contribution in [0.2, 0.25) is 0 Å². The first-order valence-electron chi connectivity index (χ1n) is 10.1. The second-order valence-electron chi connectivity index (χ2n) is 7.42. The molecule has 7 nitrogen and oxygen atoms in total. The number of carbonyl (C=O) groups is 1. The predicted molar refractivity (Wildman–Crippen MR) is 126 cm³/mol. The fourth-order valence-electron chi connectivity index (χ4n) is 3.53. The summed E-state index contributed by atoms with van der Waals surface area (Å²) in [7, 11) is 1.59. The summed E-state index contributed by atoms with van der Waals surface area (Å²) in [6.07, 6.45) is 1.53. The van der Waals surface area contributed by atoms with Crippen LogP contribution in [0.4, 0.5) is 0 Å². The summed E-state index contributed by atoms with van der Waals surface area (Å²) >= 11 is 1.31. The van der Waals surface area contributed by atoms with Gasteiger partial charge in [0.1, 0.15) is 5.75 Å². The molecule has 0 aliphatic carbocycles. The standard InChI is InChI=1S/C24H23N3O4S/c1-16-20-15-32-21(22(28)25-12-18-9-6-10-19(11-18)31-2)14-26(20)24(30)27(23(16)29)13-17-7-4-3-5-8-17/h3-11,14H,12-13,15H2,1-2H3,(H,25,28). The molecule has 0 fully saturated rings. The van der Waals surface area contributed by atoms with Crippen molar-refractivity contribution in [2.75, 3.05) is 7.11 Å². The summed E-state index contributed by atoms with van der Waals surface area (Å²) in [5.41, 5.74) is 2.16. The van der Waals surface area contributed by atoms with Gasteiger partial charge in [0.25, 0.3) is 11.5 Å². The first kappa shape index (κ1) is 21.7. The number of fused-ring (bicyclic) bond motifs is 1. The maximum absolute atomic E-state index is 13.1. The van der Waals surface area contributed by atoms with E-state index in [1.807, 2.05) is 54.6 Å². The highest BCUT2D eigenvalue weighted by molar-refractivity contribution is 8.03. The Balaban J connectivity index is 1.61. The third kappa shape index (κ3) is 4.40. The number of nitrogens with one attached hydrogen (secondary N) is 1. The maximum Gasteiger partial charge on any atom is 0.335 e. The zero-order chi connectivity index (χ0) is 22.7. The lowest BCUT2D eigenvalue weighted by molar-refractivity contribution is -0.116. The van der Waals surface area contributed by atoms with Crippen LogP contribution in [0.3, 0.4) is 0 Å². The van der Waals surface area contributed by atoms with Crippen LogP contribution in [-0.4, -0.2) is 22.2 Å². The Morgan fingerprint density at radius 2 is 1.84 bits per heavy atom. The molecule has 4 rings (SSSR count). The van der Waals surface area contributed by atoms with Crippen LogP contribution in [0.25, 0.3) is 6.20 Å². The minimum Gasteiger partial charge on any atom is -0.497 e. The molecule has 1 amide bonds. The third-order valence-corrected chi connectivity index (χ3v) is 6.35. The molecule has 1 aliphatic rings. The van der Waals surface area contributed by atoms with Crippen molar-refractivity contribution in [1.82, 2.24) is 14.5 Å². The smallest absolute Gasteiger partial charge is 0.335 e. The van der Waals surface area contributed by atoms with Gasteiger partial charge in [0.05, 0.1) is 18.6 Å². The topological polar surface area (TPSA) is 82.3 Å². The first-order valence-corrected chi connectivity index (χ1v) is 11.1. The summed E-state index contributed by atoms with van der Waals surface area (Å²) in [4.78, 5) is 39.1. The van der Waals surface area contributed by atoms with Crippen molar-refractivity contribution in [1.29, 1.82) is 0 Å². The van der Waals surface area contributed by atoms with Gasteiger partial charge >= 0.3 is 5.69 Å². The van der Waals surface area contributed by atoms with E-state index in [1.165, 1.54) is 27.1 Å². The maximum atomic E-state index is 13.1. The highest BCUT2D eigenvalue weighted by Gasteiger charge is 2.22. The SMILES string of the molecule is COc1cccc(CNC(=O)C2=Cn3c(c(C)c(=O)n(Cc4ccccc4)c3=O)CS2)c1. The average molecular weight is 450 g/mol. The Bertz CT molecular complexity index is 1310. The minimum absolute atomic E-state index is 0.179. The van der Waals surface area contributed by atoms with E-state index in [0.717, 1.165) is 16.9 Å². The molecule has 2 heterocycles. The van der Waals surface area contributed by atoms with Crippen molar-refractivity contribution in [2.24, 2.45) is 0 Å². The van der Waals surface area contributed by atoms with E-state index in [-0.39, 0.29) is 18.0 Å². The number of hydrogen-bond donors (Lipinski definition) is 1. The predicted octanol–water partition coefficient (Wildman–Crippen LogP) is 2.74. The molecule has 8 heteroatoms. The summed E-state index contributed by atoms with van der Waals surface area (Å²) in [6, 6.07) is 16.8. The fourth-order valence-corrected chi connectivity index (χ4v) is 4.56. The third-order valence-electron chi connectivity index (χ3n) is 5.33. The van der Waals surface area contributed by atoms with E-state index in [9.17, 15) is 14.4 Å². The molecule has 2 aromatic carbocycles. The van der Waals surface area contributed by atoms with Crippen molar-refractivity contribution in [3.63, 3.8) is 0 Å². The van der Waals surface area contributed by atoms with E-state index < -0.39 is 5.69 Å². The Hall–Kier alpha value is -3.52. The van der Waals surface area contributed by atoms with Crippen molar-refractivity contribution in [2.45, 2.75) is 25.8 Å². The quantitative estimate of drug-likeness (QED) is 0.626. The van der Waals surface area contributed by atoms with Crippen LogP contribution in [0.15, 0.2) is 69.1 Å². The Labute approximate surface area is 189 Å². The van der Waals surface area contributed by atoms with Gasteiger partial charge in [-0.3, -0.25) is 18.7 Å². The van der Waals surface area contributed by atoms with Gasteiger partial charge in [-0.15, -0.1) is 11.8 Å². The number of aromatic nitrogens is 2. The van der Waals surface area contributed by atoms with Gasteiger partial charge in [-0.25, -0.2) is 4.79 Å². The van der Waals surface area contributed by atoms with E-state index >= 15 is 0 Å². The Morgan fingerprint density at radius 1 is 1.09 bits per heavy atom. The monoisotopic (exact) mass is 449 g/mol. The van der Waals surface area contributed by atoms with Crippen LogP contribution in [0.5, 0.6) is 5.75 Å². The average Bonchev–Trinajstić information content (AvgIpc) is 2.84. The molecule has 3 aromatic rings. The van der Waals surface area contributed by atoms with Crippen LogP contribution in [0, 0.1) is 6.92 Å². The van der Waals surface area contributed by atoms with E-state index in [4.69, 9.17) is 4.74 Å². The number of nitrogens with zero attached hydrogens (tertiary/aromatic N) is 2. The summed E-state index contributed by atoms with van der Waals surface area (Å²) in [5.74, 6) is 0.824. The van der Waals surface area contributed by atoms with Gasteiger partial charge in [0.15, 0.2) is 0 Å². The molecule has 1 N–H and O–H groups in total. The minimum atomic E-state index is -0.446. The molecular weight excluding hydrogens is 426 g/mol. The van der Waals surface area contributed by atoms with Gasteiger partial charge in [-0.2, -0.15) is 0 Å². The van der Waals surface area contributed by atoms with E-state index in [2.05, 4.69) is 5.32 Å².